The number of thioether (sulfide) groups is 1. The van der Waals surface area contributed by atoms with E-state index in [0.717, 1.165) is 18.4 Å². The number of ether oxygens (including phenoxy) is 1. The number of aliphatic hydroxyl groups is 1. The molecule has 1 N–H and O–H groups in total. The number of aliphatic hydroxyl groups excluding tert-OH is 1. The number of fused-ring (bicyclic) bond motifs is 1. The van der Waals surface area contributed by atoms with Crippen LogP contribution >= 0.6 is 23.4 Å². The molecule has 1 aromatic carbocycles. The number of allylic oxidation sites excluding steroid dienone is 1. The molecule has 2 bridgehead atoms. The summed E-state index contributed by atoms with van der Waals surface area (Å²) in [4.78, 5) is 44.8. The maximum Gasteiger partial charge on any atom is 0.310 e. The zero-order valence-corrected chi connectivity index (χ0v) is 22.8. The average molecular weight is 547 g/mol. The van der Waals surface area contributed by atoms with Gasteiger partial charge in [0.05, 0.1) is 33.9 Å². The normalized spacial score (nSPS) is 27.8. The van der Waals surface area contributed by atoms with E-state index in [-0.39, 0.29) is 49.3 Å². The zero-order valence-electron chi connectivity index (χ0n) is 21.2. The zero-order chi connectivity index (χ0) is 26.7. The van der Waals surface area contributed by atoms with E-state index in [0.29, 0.717) is 30.0 Å². The standard InChI is InChI=1S/C28H35ClN2O5S/c1-4-6-7-17-36-27(35)21-20-12-13-28(37-20)22(21)25(33)31(15-9-16-32)24(28)26(34)30(14-5-2)23-18(3)10-8-11-19(23)29/h4-5,8,10-11,20-22,24,32H,1-2,6-7,9,12-17H2,3H3/t20-,21+,22-,24?,28?/m0/s1. The molecule has 1 spiro atoms. The lowest BCUT2D eigenvalue weighted by atomic mass is 9.71. The number of carbonyl (C=O) groups excluding carboxylic acids is 3. The molecule has 3 aliphatic rings. The highest BCUT2D eigenvalue weighted by Crippen LogP contribution is 2.66. The van der Waals surface area contributed by atoms with E-state index in [1.165, 1.54) is 0 Å². The predicted molar refractivity (Wildman–Crippen MR) is 147 cm³/mol. The number of rotatable bonds is 12. The van der Waals surface area contributed by atoms with Crippen LogP contribution in [0.3, 0.4) is 0 Å². The van der Waals surface area contributed by atoms with Crippen molar-refractivity contribution in [3.8, 4) is 0 Å². The summed E-state index contributed by atoms with van der Waals surface area (Å²) in [6.45, 7) is 10.1. The summed E-state index contributed by atoms with van der Waals surface area (Å²) in [5.41, 5.74) is 1.44. The first-order valence-electron chi connectivity index (χ1n) is 12.9. The predicted octanol–water partition coefficient (Wildman–Crippen LogP) is 4.15. The van der Waals surface area contributed by atoms with Crippen LogP contribution in [0.1, 0.15) is 37.7 Å². The van der Waals surface area contributed by atoms with Crippen molar-refractivity contribution in [3.63, 3.8) is 0 Å². The van der Waals surface area contributed by atoms with E-state index in [2.05, 4.69) is 13.2 Å². The summed E-state index contributed by atoms with van der Waals surface area (Å²) in [6, 6.07) is 4.69. The molecule has 3 fully saturated rings. The second-order valence-electron chi connectivity index (χ2n) is 9.91. The van der Waals surface area contributed by atoms with E-state index in [1.54, 1.807) is 39.8 Å². The van der Waals surface area contributed by atoms with Crippen LogP contribution in [0, 0.1) is 18.8 Å². The Hall–Kier alpha value is -2.29. The van der Waals surface area contributed by atoms with Gasteiger partial charge >= 0.3 is 5.97 Å². The second-order valence-corrected chi connectivity index (χ2v) is 11.9. The fourth-order valence-corrected chi connectivity index (χ4v) is 8.74. The molecule has 9 heteroatoms. The molecule has 1 aromatic rings. The Kier molecular flexibility index (Phi) is 8.71. The van der Waals surface area contributed by atoms with Crippen molar-refractivity contribution in [2.45, 2.75) is 55.1 Å². The van der Waals surface area contributed by atoms with Gasteiger partial charge < -0.3 is 19.6 Å². The van der Waals surface area contributed by atoms with Crippen LogP contribution in [0.5, 0.6) is 0 Å². The van der Waals surface area contributed by atoms with Gasteiger partial charge in [0.15, 0.2) is 0 Å². The average Bonchev–Trinajstić information content (AvgIpc) is 3.51. The third-order valence-corrected chi connectivity index (χ3v) is 9.95. The lowest BCUT2D eigenvalue weighted by molar-refractivity contribution is -0.154. The number of nitrogens with zero attached hydrogens (tertiary/aromatic N) is 2. The lowest BCUT2D eigenvalue weighted by Gasteiger charge is -2.37. The third kappa shape index (κ3) is 4.84. The quantitative estimate of drug-likeness (QED) is 0.241. The molecule has 200 valence electrons. The van der Waals surface area contributed by atoms with Crippen molar-refractivity contribution >= 4 is 46.8 Å². The topological polar surface area (TPSA) is 87.2 Å². The van der Waals surface area contributed by atoms with Crippen molar-refractivity contribution < 1.29 is 24.2 Å². The van der Waals surface area contributed by atoms with Crippen molar-refractivity contribution in [1.29, 1.82) is 0 Å². The van der Waals surface area contributed by atoms with Crippen molar-refractivity contribution in [1.82, 2.24) is 4.90 Å². The highest BCUT2D eigenvalue weighted by Gasteiger charge is 2.74. The molecule has 0 aliphatic carbocycles. The fourth-order valence-electron chi connectivity index (χ4n) is 6.21. The van der Waals surface area contributed by atoms with Gasteiger partial charge in [-0.05, 0) is 50.7 Å². The highest BCUT2D eigenvalue weighted by molar-refractivity contribution is 8.02. The van der Waals surface area contributed by atoms with E-state index in [1.807, 2.05) is 19.1 Å². The van der Waals surface area contributed by atoms with Crippen LogP contribution in [0.15, 0.2) is 43.5 Å². The number of benzene rings is 1. The van der Waals surface area contributed by atoms with Gasteiger partial charge in [-0.3, -0.25) is 14.4 Å². The van der Waals surface area contributed by atoms with Crippen LogP contribution in [0.2, 0.25) is 5.02 Å². The first kappa shape index (κ1) is 27.7. The Morgan fingerprint density at radius 2 is 2.11 bits per heavy atom. The van der Waals surface area contributed by atoms with Crippen LogP contribution < -0.4 is 4.90 Å². The molecule has 3 aliphatic heterocycles. The fraction of sp³-hybridized carbons (Fsp3) is 0.536. The molecule has 2 unspecified atom stereocenters. The monoisotopic (exact) mass is 546 g/mol. The Balaban J connectivity index is 1.71. The van der Waals surface area contributed by atoms with E-state index >= 15 is 0 Å². The van der Waals surface area contributed by atoms with Gasteiger partial charge in [-0.2, -0.15) is 0 Å². The minimum Gasteiger partial charge on any atom is -0.465 e. The molecular formula is C28H35ClN2O5S. The molecule has 37 heavy (non-hydrogen) atoms. The number of hydrogen-bond donors (Lipinski definition) is 1. The van der Waals surface area contributed by atoms with Crippen molar-refractivity contribution in [2.24, 2.45) is 11.8 Å². The Morgan fingerprint density at radius 3 is 2.78 bits per heavy atom. The summed E-state index contributed by atoms with van der Waals surface area (Å²) in [5, 5.41) is 9.93. The molecule has 0 aromatic heterocycles. The first-order valence-corrected chi connectivity index (χ1v) is 14.1. The van der Waals surface area contributed by atoms with E-state index in [4.69, 9.17) is 16.3 Å². The van der Waals surface area contributed by atoms with Gasteiger partial charge in [-0.25, -0.2) is 0 Å². The summed E-state index contributed by atoms with van der Waals surface area (Å²) < 4.78 is 4.87. The van der Waals surface area contributed by atoms with Crippen molar-refractivity contribution in [3.05, 3.63) is 54.1 Å². The lowest BCUT2D eigenvalue weighted by Crippen LogP contribution is -2.55. The van der Waals surface area contributed by atoms with Crippen LogP contribution in [-0.2, 0) is 19.1 Å². The molecule has 4 rings (SSSR count). The minimum absolute atomic E-state index is 0.0638. The molecule has 3 heterocycles. The van der Waals surface area contributed by atoms with Crippen LogP contribution in [-0.4, -0.2) is 70.1 Å². The first-order chi connectivity index (χ1) is 17.8. The number of carbonyl (C=O) groups is 3. The van der Waals surface area contributed by atoms with Gasteiger partial charge in [-0.15, -0.1) is 24.9 Å². The minimum atomic E-state index is -0.777. The molecular weight excluding hydrogens is 512 g/mol. The van der Waals surface area contributed by atoms with Gasteiger partial charge in [-0.1, -0.05) is 35.9 Å². The molecule has 0 saturated carbocycles. The summed E-state index contributed by atoms with van der Waals surface area (Å²) in [5.74, 6) is -2.02. The Bertz CT molecular complexity index is 1060. The smallest absolute Gasteiger partial charge is 0.310 e. The number of halogens is 1. The third-order valence-electron chi connectivity index (χ3n) is 7.70. The number of likely N-dealkylation sites (tertiary alicyclic amines) is 1. The maximum atomic E-state index is 14.4. The molecule has 5 atom stereocenters. The summed E-state index contributed by atoms with van der Waals surface area (Å²) >= 11 is 8.17. The molecule has 2 amide bonds. The number of aryl methyl sites for hydroxylation is 1. The number of unbranched alkanes of at least 4 members (excludes halogenated alkanes) is 1. The Morgan fingerprint density at radius 1 is 1.32 bits per heavy atom. The van der Waals surface area contributed by atoms with E-state index < -0.39 is 22.6 Å². The molecule has 7 nitrogen and oxygen atoms in total. The van der Waals surface area contributed by atoms with Gasteiger partial charge in [0.1, 0.15) is 6.04 Å². The van der Waals surface area contributed by atoms with Gasteiger partial charge in [0.25, 0.3) is 5.91 Å². The summed E-state index contributed by atoms with van der Waals surface area (Å²) in [7, 11) is 0. The van der Waals surface area contributed by atoms with Crippen LogP contribution in [0.25, 0.3) is 0 Å². The van der Waals surface area contributed by atoms with Gasteiger partial charge in [0.2, 0.25) is 5.91 Å². The molecule has 3 saturated heterocycles. The highest BCUT2D eigenvalue weighted by atomic mass is 35.5. The number of esters is 1. The van der Waals surface area contributed by atoms with Crippen molar-refractivity contribution in [2.75, 3.05) is 31.2 Å². The second kappa shape index (κ2) is 11.6. The van der Waals surface area contributed by atoms with E-state index in [9.17, 15) is 19.5 Å². The molecule has 0 radical (unpaired) electrons. The summed E-state index contributed by atoms with van der Waals surface area (Å²) in [6.07, 6.45) is 6.60. The largest absolute Gasteiger partial charge is 0.465 e. The number of hydrogen-bond acceptors (Lipinski definition) is 6. The number of amides is 2. The Labute approximate surface area is 227 Å². The van der Waals surface area contributed by atoms with Crippen LogP contribution in [0.4, 0.5) is 5.69 Å². The number of anilines is 1. The number of para-hydroxylation sites is 1. The van der Waals surface area contributed by atoms with Gasteiger partial charge in [0, 0.05) is 24.9 Å². The maximum absolute atomic E-state index is 14.4. The SMILES string of the molecule is C=CCCCOC(=O)[C@@H]1[C@@H]2CCC3(S2)C(C(=O)N(CC=C)c2c(C)cccc2Cl)N(CCCO)C(=O)[C@H]13.